The largest absolute Gasteiger partial charge is 0.378 e. The standard InChI is InChI=1S/C33H42N6/c1-7-33(15-16-36-33)31(34)38-23(4)27-20-35-30(18-29(27)37-22(3)24-11-9-8-10-12-24)39-25-13-14-26-21(2)19-32(5,6)28(26)17-25/h8-14,17-18,20-22,34,36H,7,15-16,19H2,1-6H3,(H2,35,37,39). The van der Waals surface area contributed by atoms with E-state index in [0.717, 1.165) is 47.9 Å². The Morgan fingerprint density at radius 3 is 2.59 bits per heavy atom. The molecule has 0 amide bonds. The number of hydrogen-bond donors (Lipinski definition) is 4. The third-order valence-electron chi connectivity index (χ3n) is 8.72. The summed E-state index contributed by atoms with van der Waals surface area (Å²) in [5.41, 5.74) is 7.63. The van der Waals surface area contributed by atoms with Crippen LogP contribution in [-0.2, 0) is 5.41 Å². The Kier molecular flexibility index (Phi) is 7.34. The quantitative estimate of drug-likeness (QED) is 0.180. The zero-order chi connectivity index (χ0) is 27.8. The molecule has 1 aliphatic heterocycles. The van der Waals surface area contributed by atoms with Gasteiger partial charge in [-0.1, -0.05) is 64.1 Å². The number of aliphatic imine (C=N–C) groups is 1. The topological polar surface area (TPSA) is 85.2 Å². The van der Waals surface area contributed by atoms with Gasteiger partial charge in [-0.15, -0.1) is 0 Å². The molecule has 39 heavy (non-hydrogen) atoms. The SMILES string of the molecule is CCC1(C(=N)N=C(C)c2cnc(Nc3ccc4c(c3)C(C)(C)CC4C)cc2NC(C)c2ccccc2)CCN1. The molecular weight excluding hydrogens is 480 g/mol. The van der Waals surface area contributed by atoms with Crippen molar-refractivity contribution < 1.29 is 0 Å². The summed E-state index contributed by atoms with van der Waals surface area (Å²) >= 11 is 0. The molecule has 0 saturated carbocycles. The van der Waals surface area contributed by atoms with Crippen LogP contribution in [0.4, 0.5) is 17.2 Å². The number of benzene rings is 2. The average molecular weight is 523 g/mol. The Labute approximate surface area is 233 Å². The minimum Gasteiger partial charge on any atom is -0.378 e. The number of nitrogens with zero attached hydrogens (tertiary/aromatic N) is 2. The molecule has 5 rings (SSSR count). The highest BCUT2D eigenvalue weighted by atomic mass is 15.1. The fraction of sp³-hybridized carbons (Fsp3) is 0.424. The van der Waals surface area contributed by atoms with Crippen molar-refractivity contribution in [1.29, 1.82) is 5.41 Å². The van der Waals surface area contributed by atoms with Gasteiger partial charge in [0.25, 0.3) is 0 Å². The normalized spacial score (nSPS) is 22.5. The molecule has 2 aliphatic rings. The van der Waals surface area contributed by atoms with Crippen LogP contribution in [0, 0.1) is 5.41 Å². The number of anilines is 3. The van der Waals surface area contributed by atoms with E-state index in [-0.39, 0.29) is 17.0 Å². The molecule has 2 aromatic carbocycles. The summed E-state index contributed by atoms with van der Waals surface area (Å²) in [5, 5.41) is 19.4. The predicted octanol–water partition coefficient (Wildman–Crippen LogP) is 7.71. The van der Waals surface area contributed by atoms with Crippen LogP contribution in [0.3, 0.4) is 0 Å². The monoisotopic (exact) mass is 522 g/mol. The van der Waals surface area contributed by atoms with E-state index in [1.807, 2.05) is 19.2 Å². The second kappa shape index (κ2) is 10.6. The van der Waals surface area contributed by atoms with Crippen molar-refractivity contribution >= 4 is 28.7 Å². The van der Waals surface area contributed by atoms with Gasteiger partial charge in [-0.2, -0.15) is 0 Å². The minimum absolute atomic E-state index is 0.0880. The number of aromatic nitrogens is 1. The molecule has 0 spiro atoms. The van der Waals surface area contributed by atoms with Crippen molar-refractivity contribution in [2.45, 2.75) is 83.7 Å². The van der Waals surface area contributed by atoms with E-state index in [1.54, 1.807) is 0 Å². The Morgan fingerprint density at radius 2 is 1.92 bits per heavy atom. The van der Waals surface area contributed by atoms with Crippen LogP contribution in [0.5, 0.6) is 0 Å². The van der Waals surface area contributed by atoms with Crippen LogP contribution >= 0.6 is 0 Å². The van der Waals surface area contributed by atoms with E-state index in [0.29, 0.717) is 11.8 Å². The van der Waals surface area contributed by atoms with Crippen LogP contribution in [0.2, 0.25) is 0 Å². The molecule has 2 heterocycles. The first kappa shape index (κ1) is 27.1. The van der Waals surface area contributed by atoms with Gasteiger partial charge in [0, 0.05) is 35.2 Å². The van der Waals surface area contributed by atoms with Crippen molar-refractivity contribution in [3.8, 4) is 0 Å². The van der Waals surface area contributed by atoms with Crippen molar-refractivity contribution in [2.24, 2.45) is 4.99 Å². The van der Waals surface area contributed by atoms with Crippen molar-refractivity contribution in [2.75, 3.05) is 17.2 Å². The molecule has 1 saturated heterocycles. The number of rotatable bonds is 8. The number of nitrogens with one attached hydrogen (secondary N) is 4. The molecule has 3 unspecified atom stereocenters. The van der Waals surface area contributed by atoms with Crippen LogP contribution in [0.1, 0.15) is 95.0 Å². The molecule has 4 N–H and O–H groups in total. The molecule has 1 fully saturated rings. The van der Waals surface area contributed by atoms with Gasteiger partial charge in [0.2, 0.25) is 0 Å². The van der Waals surface area contributed by atoms with Gasteiger partial charge in [-0.25, -0.2) is 9.98 Å². The molecule has 204 valence electrons. The maximum Gasteiger partial charge on any atom is 0.141 e. The third-order valence-corrected chi connectivity index (χ3v) is 8.72. The lowest BCUT2D eigenvalue weighted by atomic mass is 9.84. The fourth-order valence-corrected chi connectivity index (χ4v) is 6.21. The third kappa shape index (κ3) is 5.35. The number of pyridine rings is 1. The highest BCUT2D eigenvalue weighted by Gasteiger charge is 2.39. The Morgan fingerprint density at radius 1 is 1.18 bits per heavy atom. The van der Waals surface area contributed by atoms with E-state index in [2.05, 4.69) is 99.1 Å². The van der Waals surface area contributed by atoms with Crippen molar-refractivity contribution in [3.63, 3.8) is 0 Å². The summed E-state index contributed by atoms with van der Waals surface area (Å²) < 4.78 is 0. The first-order chi connectivity index (χ1) is 18.6. The summed E-state index contributed by atoms with van der Waals surface area (Å²) in [6.07, 6.45) is 4.86. The maximum absolute atomic E-state index is 8.71. The highest BCUT2D eigenvalue weighted by molar-refractivity contribution is 6.10. The van der Waals surface area contributed by atoms with Crippen LogP contribution in [0.25, 0.3) is 0 Å². The Balaban J connectivity index is 1.47. The van der Waals surface area contributed by atoms with Gasteiger partial charge in [-0.05, 0) is 79.8 Å². The molecule has 6 nitrogen and oxygen atoms in total. The van der Waals surface area contributed by atoms with Crippen LogP contribution in [0.15, 0.2) is 65.8 Å². The number of hydrogen-bond acceptors (Lipinski definition) is 5. The van der Waals surface area contributed by atoms with Crippen molar-refractivity contribution in [1.82, 2.24) is 10.3 Å². The van der Waals surface area contributed by atoms with Crippen LogP contribution < -0.4 is 16.0 Å². The Bertz CT molecular complexity index is 1380. The molecule has 1 aromatic heterocycles. The lowest BCUT2D eigenvalue weighted by molar-refractivity contribution is 0.285. The summed E-state index contributed by atoms with van der Waals surface area (Å²) in [6, 6.07) is 19.3. The Hall–Kier alpha value is -3.51. The molecule has 3 atom stereocenters. The molecule has 6 heteroatoms. The molecule has 3 aromatic rings. The predicted molar refractivity (Wildman–Crippen MR) is 164 cm³/mol. The van der Waals surface area contributed by atoms with E-state index in [1.165, 1.54) is 23.1 Å². The molecule has 1 aliphatic carbocycles. The van der Waals surface area contributed by atoms with E-state index < -0.39 is 0 Å². The minimum atomic E-state index is -0.306. The lowest BCUT2D eigenvalue weighted by Gasteiger charge is -2.41. The smallest absolute Gasteiger partial charge is 0.141 e. The average Bonchev–Trinajstić information content (AvgIpc) is 3.11. The van der Waals surface area contributed by atoms with Gasteiger partial charge in [-0.3, -0.25) is 5.41 Å². The van der Waals surface area contributed by atoms with Gasteiger partial charge < -0.3 is 16.0 Å². The summed E-state index contributed by atoms with van der Waals surface area (Å²) in [6.45, 7) is 14.2. The lowest BCUT2D eigenvalue weighted by Crippen LogP contribution is -2.61. The summed E-state index contributed by atoms with van der Waals surface area (Å²) in [7, 11) is 0. The zero-order valence-electron chi connectivity index (χ0n) is 24.2. The summed E-state index contributed by atoms with van der Waals surface area (Å²) in [4.78, 5) is 9.55. The van der Waals surface area contributed by atoms with Crippen molar-refractivity contribution in [3.05, 3.63) is 83.0 Å². The zero-order valence-corrected chi connectivity index (χ0v) is 24.2. The number of amidine groups is 1. The van der Waals surface area contributed by atoms with Crippen LogP contribution in [-0.4, -0.2) is 28.6 Å². The first-order valence-corrected chi connectivity index (χ1v) is 14.2. The number of fused-ring (bicyclic) bond motifs is 1. The molecule has 0 radical (unpaired) electrons. The van der Waals surface area contributed by atoms with Gasteiger partial charge in [0.05, 0.1) is 11.3 Å². The second-order valence-corrected chi connectivity index (χ2v) is 12.0. The molecular formula is C33H42N6. The van der Waals surface area contributed by atoms with E-state index in [4.69, 9.17) is 15.4 Å². The highest BCUT2D eigenvalue weighted by Crippen LogP contribution is 2.46. The summed E-state index contributed by atoms with van der Waals surface area (Å²) in [5.74, 6) is 1.76. The van der Waals surface area contributed by atoms with Gasteiger partial charge in [0.1, 0.15) is 11.7 Å². The molecule has 0 bridgehead atoms. The maximum atomic E-state index is 8.71. The van der Waals surface area contributed by atoms with Gasteiger partial charge >= 0.3 is 0 Å². The van der Waals surface area contributed by atoms with Gasteiger partial charge in [0.15, 0.2) is 0 Å². The van der Waals surface area contributed by atoms with E-state index >= 15 is 0 Å². The fourth-order valence-electron chi connectivity index (χ4n) is 6.21. The second-order valence-electron chi connectivity index (χ2n) is 12.0. The first-order valence-electron chi connectivity index (χ1n) is 14.2. The van der Waals surface area contributed by atoms with E-state index in [9.17, 15) is 0 Å².